The summed E-state index contributed by atoms with van der Waals surface area (Å²) < 4.78 is 2.19. The number of nitrogens with zero attached hydrogens (tertiary/aromatic N) is 4. The average Bonchev–Trinajstić information content (AvgIpc) is 3.13. The number of piperazine rings is 1. The highest BCUT2D eigenvalue weighted by Gasteiger charge is 2.31. The molecule has 0 aliphatic carbocycles. The van der Waals surface area contributed by atoms with Crippen LogP contribution in [0, 0.1) is 5.92 Å². The molecule has 1 atom stereocenters. The van der Waals surface area contributed by atoms with Gasteiger partial charge in [-0.3, -0.25) is 19.4 Å². The van der Waals surface area contributed by atoms with E-state index in [0.29, 0.717) is 6.54 Å². The normalized spacial score (nSPS) is 22.9. The molecule has 2 aliphatic heterocycles. The van der Waals surface area contributed by atoms with Gasteiger partial charge in [-0.1, -0.05) is 0 Å². The molecule has 3 heterocycles. The van der Waals surface area contributed by atoms with E-state index in [1.807, 2.05) is 21.9 Å². The fourth-order valence-electron chi connectivity index (χ4n) is 3.85. The summed E-state index contributed by atoms with van der Waals surface area (Å²) in [6, 6.07) is 4.09. The van der Waals surface area contributed by atoms with Crippen molar-refractivity contribution in [2.45, 2.75) is 19.4 Å². The van der Waals surface area contributed by atoms with Crippen molar-refractivity contribution in [2.75, 3.05) is 52.4 Å². The maximum Gasteiger partial charge on any atom is 0.231 e. The van der Waals surface area contributed by atoms with Crippen molar-refractivity contribution in [2.24, 2.45) is 11.7 Å². The zero-order valence-corrected chi connectivity index (χ0v) is 14.8. The SMILES string of the molecule is NC(=O)CN1CCC[C@@H](C(=O)N2CCN(CCn3cccc3)CC2)C1. The van der Waals surface area contributed by atoms with Crippen molar-refractivity contribution in [1.29, 1.82) is 0 Å². The topological polar surface area (TPSA) is 74.8 Å². The molecule has 0 radical (unpaired) electrons. The highest BCUT2D eigenvalue weighted by molar-refractivity contribution is 5.80. The Bertz CT molecular complexity index is 566. The Balaban J connectivity index is 1.42. The lowest BCUT2D eigenvalue weighted by molar-refractivity contribution is -0.139. The molecular formula is C18H29N5O2. The number of hydrogen-bond donors (Lipinski definition) is 1. The molecule has 7 nitrogen and oxygen atoms in total. The second-order valence-electron chi connectivity index (χ2n) is 7.13. The Morgan fingerprint density at radius 2 is 1.68 bits per heavy atom. The van der Waals surface area contributed by atoms with Crippen LogP contribution in [0.1, 0.15) is 12.8 Å². The number of hydrogen-bond acceptors (Lipinski definition) is 4. The van der Waals surface area contributed by atoms with Crippen LogP contribution in [0.2, 0.25) is 0 Å². The van der Waals surface area contributed by atoms with Gasteiger partial charge < -0.3 is 15.2 Å². The van der Waals surface area contributed by atoms with Gasteiger partial charge in [0.2, 0.25) is 11.8 Å². The molecule has 3 rings (SSSR count). The van der Waals surface area contributed by atoms with Crippen LogP contribution in [0.15, 0.2) is 24.5 Å². The van der Waals surface area contributed by atoms with E-state index in [9.17, 15) is 9.59 Å². The first-order chi connectivity index (χ1) is 12.1. The minimum atomic E-state index is -0.315. The van der Waals surface area contributed by atoms with Gasteiger partial charge in [0.1, 0.15) is 0 Å². The Morgan fingerprint density at radius 3 is 2.36 bits per heavy atom. The number of nitrogens with two attached hydrogens (primary N) is 1. The van der Waals surface area contributed by atoms with Gasteiger partial charge >= 0.3 is 0 Å². The highest BCUT2D eigenvalue weighted by atomic mass is 16.2. The van der Waals surface area contributed by atoms with Crippen LogP contribution in [-0.4, -0.2) is 83.4 Å². The van der Waals surface area contributed by atoms with Crippen molar-refractivity contribution < 1.29 is 9.59 Å². The summed E-state index contributed by atoms with van der Waals surface area (Å²) >= 11 is 0. The first kappa shape index (κ1) is 17.9. The monoisotopic (exact) mass is 347 g/mol. The molecule has 1 aromatic rings. The lowest BCUT2D eigenvalue weighted by Gasteiger charge is -2.38. The quantitative estimate of drug-likeness (QED) is 0.775. The standard InChI is InChI=1S/C18H29N5O2/c19-17(24)15-22-7-3-4-16(14-22)18(25)23-12-10-21(11-13-23)9-8-20-5-1-2-6-20/h1-2,5-6,16H,3-4,7-15H2,(H2,19,24)/t16-/m1/s1. The molecular weight excluding hydrogens is 318 g/mol. The number of rotatable bonds is 6. The van der Waals surface area contributed by atoms with Crippen LogP contribution in [0.3, 0.4) is 0 Å². The lowest BCUT2D eigenvalue weighted by atomic mass is 9.96. The molecule has 2 fully saturated rings. The summed E-state index contributed by atoms with van der Waals surface area (Å²) in [6.07, 6.45) is 6.05. The number of amides is 2. The van der Waals surface area contributed by atoms with Crippen molar-refractivity contribution in [1.82, 2.24) is 19.3 Å². The van der Waals surface area contributed by atoms with Crippen LogP contribution in [0.25, 0.3) is 0 Å². The van der Waals surface area contributed by atoms with E-state index in [2.05, 4.69) is 21.9 Å². The van der Waals surface area contributed by atoms with Gasteiger partial charge in [-0.05, 0) is 31.5 Å². The molecule has 0 spiro atoms. The first-order valence-corrected chi connectivity index (χ1v) is 9.24. The Kier molecular flexibility index (Phi) is 6.09. The minimum Gasteiger partial charge on any atom is -0.369 e. The van der Waals surface area contributed by atoms with E-state index in [0.717, 1.165) is 58.7 Å². The van der Waals surface area contributed by atoms with Gasteiger partial charge in [0.25, 0.3) is 0 Å². The van der Waals surface area contributed by atoms with Gasteiger partial charge in [0, 0.05) is 58.2 Å². The maximum atomic E-state index is 12.8. The molecule has 138 valence electrons. The summed E-state index contributed by atoms with van der Waals surface area (Å²) in [7, 11) is 0. The first-order valence-electron chi connectivity index (χ1n) is 9.24. The number of aromatic nitrogens is 1. The summed E-state index contributed by atoms with van der Waals surface area (Å²) in [5.41, 5.74) is 5.28. The average molecular weight is 347 g/mol. The molecule has 2 N–H and O–H groups in total. The van der Waals surface area contributed by atoms with Gasteiger partial charge in [-0.15, -0.1) is 0 Å². The third-order valence-corrected chi connectivity index (χ3v) is 5.26. The third kappa shape index (κ3) is 5.06. The van der Waals surface area contributed by atoms with Gasteiger partial charge in [-0.25, -0.2) is 0 Å². The Hall–Kier alpha value is -1.86. The molecule has 25 heavy (non-hydrogen) atoms. The second-order valence-corrected chi connectivity index (χ2v) is 7.13. The molecule has 0 aromatic carbocycles. The molecule has 0 bridgehead atoms. The van der Waals surface area contributed by atoms with Gasteiger partial charge in [0.15, 0.2) is 0 Å². The molecule has 0 saturated carbocycles. The number of carbonyl (C=O) groups is 2. The zero-order chi connectivity index (χ0) is 17.6. The molecule has 0 unspecified atom stereocenters. The minimum absolute atomic E-state index is 0.0134. The second kappa shape index (κ2) is 8.49. The molecule has 7 heteroatoms. The smallest absolute Gasteiger partial charge is 0.231 e. The Morgan fingerprint density at radius 1 is 0.960 bits per heavy atom. The highest BCUT2D eigenvalue weighted by Crippen LogP contribution is 2.19. The molecule has 2 saturated heterocycles. The lowest BCUT2D eigenvalue weighted by Crippen LogP contribution is -2.53. The number of carbonyl (C=O) groups excluding carboxylic acids is 2. The summed E-state index contributed by atoms with van der Waals surface area (Å²) in [6.45, 7) is 7.27. The van der Waals surface area contributed by atoms with E-state index >= 15 is 0 Å². The zero-order valence-electron chi connectivity index (χ0n) is 14.8. The number of likely N-dealkylation sites (tertiary alicyclic amines) is 1. The summed E-state index contributed by atoms with van der Waals surface area (Å²) in [5.74, 6) is -0.0526. The van der Waals surface area contributed by atoms with E-state index < -0.39 is 0 Å². The number of piperidine rings is 1. The largest absolute Gasteiger partial charge is 0.369 e. The summed E-state index contributed by atoms with van der Waals surface area (Å²) in [4.78, 5) is 30.3. The van der Waals surface area contributed by atoms with E-state index in [-0.39, 0.29) is 24.3 Å². The van der Waals surface area contributed by atoms with Crippen molar-refractivity contribution in [3.63, 3.8) is 0 Å². The van der Waals surface area contributed by atoms with Crippen molar-refractivity contribution in [3.05, 3.63) is 24.5 Å². The summed E-state index contributed by atoms with van der Waals surface area (Å²) in [5, 5.41) is 0. The third-order valence-electron chi connectivity index (χ3n) is 5.26. The predicted molar refractivity (Wildman–Crippen MR) is 95.8 cm³/mol. The van der Waals surface area contributed by atoms with Crippen molar-refractivity contribution in [3.8, 4) is 0 Å². The molecule has 2 aliphatic rings. The van der Waals surface area contributed by atoms with E-state index in [1.54, 1.807) is 0 Å². The molecule has 2 amide bonds. The van der Waals surface area contributed by atoms with Crippen LogP contribution < -0.4 is 5.73 Å². The van der Waals surface area contributed by atoms with Gasteiger partial charge in [0.05, 0.1) is 12.5 Å². The Labute approximate surface area is 149 Å². The van der Waals surface area contributed by atoms with Crippen molar-refractivity contribution >= 4 is 11.8 Å². The maximum absolute atomic E-state index is 12.8. The van der Waals surface area contributed by atoms with Crippen LogP contribution in [0.4, 0.5) is 0 Å². The number of primary amides is 1. The molecule has 1 aromatic heterocycles. The van der Waals surface area contributed by atoms with E-state index in [1.165, 1.54) is 0 Å². The van der Waals surface area contributed by atoms with E-state index in [4.69, 9.17) is 5.73 Å². The van der Waals surface area contributed by atoms with Crippen LogP contribution in [0.5, 0.6) is 0 Å². The fraction of sp³-hybridized carbons (Fsp3) is 0.667. The van der Waals surface area contributed by atoms with Crippen LogP contribution in [-0.2, 0) is 16.1 Å². The fourth-order valence-corrected chi connectivity index (χ4v) is 3.85. The van der Waals surface area contributed by atoms with Gasteiger partial charge in [-0.2, -0.15) is 0 Å². The predicted octanol–water partition coefficient (Wildman–Crippen LogP) is -0.170. The van der Waals surface area contributed by atoms with Crippen LogP contribution >= 0.6 is 0 Å².